The molecule has 0 spiro atoms. The lowest BCUT2D eigenvalue weighted by Crippen LogP contribution is -2.54. The lowest BCUT2D eigenvalue weighted by atomic mass is 10.1. The Morgan fingerprint density at radius 3 is 2.62 bits per heavy atom. The summed E-state index contributed by atoms with van der Waals surface area (Å²) in [5.41, 5.74) is 0. The maximum atomic E-state index is 11.8. The molecule has 0 aromatic rings. The van der Waals surface area contributed by atoms with Gasteiger partial charge in [0.1, 0.15) is 6.04 Å². The summed E-state index contributed by atoms with van der Waals surface area (Å²) in [6.07, 6.45) is 2.57. The average Bonchev–Trinajstić information content (AvgIpc) is 2.38. The first-order chi connectivity index (χ1) is 9.74. The molecule has 1 aliphatic rings. The summed E-state index contributed by atoms with van der Waals surface area (Å²) in [7, 11) is -3.24. The van der Waals surface area contributed by atoms with Crippen LogP contribution in [0.3, 0.4) is 0 Å². The van der Waals surface area contributed by atoms with Gasteiger partial charge in [0.2, 0.25) is 15.9 Å². The second-order valence-electron chi connectivity index (χ2n) is 5.19. The third kappa shape index (κ3) is 5.88. The minimum Gasteiger partial charge on any atom is -0.355 e. The number of piperidine rings is 1. The van der Waals surface area contributed by atoms with E-state index in [0.717, 1.165) is 12.7 Å². The van der Waals surface area contributed by atoms with E-state index in [1.165, 1.54) is 4.31 Å². The topological polar surface area (TPSA) is 108 Å². The molecule has 0 radical (unpaired) electrons. The fraction of sp³-hybridized carbons (Fsp3) is 0.833. The molecule has 2 unspecified atom stereocenters. The second-order valence-corrected chi connectivity index (χ2v) is 7.18. The normalized spacial score (nSPS) is 21.4. The third-order valence-electron chi connectivity index (χ3n) is 3.28. The molecule has 0 aliphatic carbocycles. The van der Waals surface area contributed by atoms with Gasteiger partial charge in [-0.2, -0.15) is 0 Å². The quantitative estimate of drug-likeness (QED) is 0.618. The number of amides is 3. The van der Waals surface area contributed by atoms with Crippen LogP contribution >= 0.6 is 0 Å². The Balaban J connectivity index is 2.46. The Labute approximate surface area is 125 Å². The van der Waals surface area contributed by atoms with Gasteiger partial charge in [-0.1, -0.05) is 0 Å². The van der Waals surface area contributed by atoms with E-state index in [2.05, 4.69) is 16.0 Å². The van der Waals surface area contributed by atoms with E-state index in [9.17, 15) is 18.0 Å². The zero-order chi connectivity index (χ0) is 16.0. The molecule has 8 nitrogen and oxygen atoms in total. The van der Waals surface area contributed by atoms with Gasteiger partial charge in [0.05, 0.1) is 6.26 Å². The zero-order valence-corrected chi connectivity index (χ0v) is 13.5. The molecule has 1 saturated heterocycles. The average molecular weight is 320 g/mol. The molecule has 21 heavy (non-hydrogen) atoms. The molecule has 0 aromatic carbocycles. The van der Waals surface area contributed by atoms with Crippen molar-refractivity contribution in [1.82, 2.24) is 20.3 Å². The van der Waals surface area contributed by atoms with Gasteiger partial charge >= 0.3 is 6.03 Å². The minimum absolute atomic E-state index is 0.241. The predicted octanol–water partition coefficient (Wildman–Crippen LogP) is -0.766. The molecular formula is C12H24N4O4S. The molecular weight excluding hydrogens is 296 g/mol. The van der Waals surface area contributed by atoms with Crippen LogP contribution in [0, 0.1) is 0 Å². The molecule has 1 aliphatic heterocycles. The van der Waals surface area contributed by atoms with E-state index in [1.807, 2.05) is 0 Å². The summed E-state index contributed by atoms with van der Waals surface area (Å²) in [6, 6.07) is -1.34. The van der Waals surface area contributed by atoms with Crippen molar-refractivity contribution >= 4 is 22.0 Å². The van der Waals surface area contributed by atoms with E-state index >= 15 is 0 Å². The molecule has 3 N–H and O–H groups in total. The highest BCUT2D eigenvalue weighted by Crippen LogP contribution is 2.12. The van der Waals surface area contributed by atoms with Gasteiger partial charge in [0, 0.05) is 25.7 Å². The van der Waals surface area contributed by atoms with Gasteiger partial charge in [-0.3, -0.25) is 4.79 Å². The lowest BCUT2D eigenvalue weighted by molar-refractivity contribution is -0.122. The van der Waals surface area contributed by atoms with E-state index in [1.54, 1.807) is 13.8 Å². The van der Waals surface area contributed by atoms with Crippen LogP contribution in [0.15, 0.2) is 0 Å². The van der Waals surface area contributed by atoms with Crippen LogP contribution in [0.25, 0.3) is 0 Å². The molecule has 1 heterocycles. The molecule has 0 aromatic heterocycles. The van der Waals surface area contributed by atoms with Crippen molar-refractivity contribution < 1.29 is 18.0 Å². The third-order valence-corrected chi connectivity index (χ3v) is 4.55. The standard InChI is InChI=1S/C12H24N4O4S/c1-4-13-11(17)9(2)14-12(18)15-10-6-5-7-16(8-10)21(3,19)20/h9-10H,4-8H2,1-3H3,(H,13,17)(H2,14,15,18). The number of nitrogens with one attached hydrogen (secondary N) is 3. The highest BCUT2D eigenvalue weighted by Gasteiger charge is 2.27. The first-order valence-electron chi connectivity index (χ1n) is 7.04. The molecule has 3 amide bonds. The SMILES string of the molecule is CCNC(=O)C(C)NC(=O)NC1CCCN(S(C)(=O)=O)C1. The van der Waals surface area contributed by atoms with E-state index in [4.69, 9.17) is 0 Å². The van der Waals surface area contributed by atoms with Crippen molar-refractivity contribution in [2.75, 3.05) is 25.9 Å². The smallest absolute Gasteiger partial charge is 0.315 e. The Morgan fingerprint density at radius 2 is 2.05 bits per heavy atom. The van der Waals surface area contributed by atoms with Crippen LogP contribution in [0.2, 0.25) is 0 Å². The Bertz CT molecular complexity index is 480. The zero-order valence-electron chi connectivity index (χ0n) is 12.7. The number of hydrogen-bond donors (Lipinski definition) is 3. The highest BCUT2D eigenvalue weighted by atomic mass is 32.2. The van der Waals surface area contributed by atoms with Crippen LogP contribution in [0.4, 0.5) is 4.79 Å². The summed E-state index contributed by atoms with van der Waals surface area (Å²) >= 11 is 0. The largest absolute Gasteiger partial charge is 0.355 e. The number of likely N-dealkylation sites (N-methyl/N-ethyl adjacent to an activating group) is 1. The highest BCUT2D eigenvalue weighted by molar-refractivity contribution is 7.88. The summed E-state index contributed by atoms with van der Waals surface area (Å²) in [5, 5.41) is 7.86. The summed E-state index contributed by atoms with van der Waals surface area (Å²) < 4.78 is 24.4. The van der Waals surface area contributed by atoms with Crippen molar-refractivity contribution in [1.29, 1.82) is 0 Å². The summed E-state index contributed by atoms with van der Waals surface area (Å²) in [6.45, 7) is 4.63. The number of rotatable bonds is 5. The minimum atomic E-state index is -3.24. The fourth-order valence-electron chi connectivity index (χ4n) is 2.18. The van der Waals surface area contributed by atoms with E-state index in [-0.39, 0.29) is 18.5 Å². The summed E-state index contributed by atoms with van der Waals surface area (Å²) in [4.78, 5) is 23.3. The first-order valence-corrected chi connectivity index (χ1v) is 8.88. The van der Waals surface area contributed by atoms with Gasteiger partial charge in [-0.15, -0.1) is 0 Å². The van der Waals surface area contributed by atoms with Gasteiger partial charge < -0.3 is 16.0 Å². The van der Waals surface area contributed by atoms with Gasteiger partial charge in [0.25, 0.3) is 0 Å². The Hall–Kier alpha value is -1.35. The predicted molar refractivity (Wildman–Crippen MR) is 79.3 cm³/mol. The van der Waals surface area contributed by atoms with Crippen molar-refractivity contribution in [2.45, 2.75) is 38.8 Å². The number of sulfonamides is 1. The lowest BCUT2D eigenvalue weighted by Gasteiger charge is -2.31. The number of carbonyl (C=O) groups is 2. The monoisotopic (exact) mass is 320 g/mol. The second kappa shape index (κ2) is 7.60. The van der Waals surface area contributed by atoms with Gasteiger partial charge in [0.15, 0.2) is 0 Å². The molecule has 2 atom stereocenters. The van der Waals surface area contributed by atoms with Crippen molar-refractivity contribution in [3.8, 4) is 0 Å². The van der Waals surface area contributed by atoms with Crippen LogP contribution in [-0.2, 0) is 14.8 Å². The van der Waals surface area contributed by atoms with Crippen molar-refractivity contribution in [3.63, 3.8) is 0 Å². The molecule has 1 rings (SSSR count). The Morgan fingerprint density at radius 1 is 1.38 bits per heavy atom. The molecule has 122 valence electrons. The van der Waals surface area contributed by atoms with Crippen LogP contribution in [-0.4, -0.2) is 62.6 Å². The first kappa shape index (κ1) is 17.7. The van der Waals surface area contributed by atoms with E-state index < -0.39 is 22.1 Å². The molecule has 0 bridgehead atoms. The number of nitrogens with zero attached hydrogens (tertiary/aromatic N) is 1. The number of hydrogen-bond acceptors (Lipinski definition) is 4. The van der Waals surface area contributed by atoms with Gasteiger partial charge in [-0.05, 0) is 26.7 Å². The molecule has 1 fully saturated rings. The number of carbonyl (C=O) groups excluding carboxylic acids is 2. The van der Waals surface area contributed by atoms with Crippen LogP contribution in [0.1, 0.15) is 26.7 Å². The molecule has 0 saturated carbocycles. The maximum absolute atomic E-state index is 11.8. The maximum Gasteiger partial charge on any atom is 0.315 e. The molecule has 9 heteroatoms. The van der Waals surface area contributed by atoms with Crippen molar-refractivity contribution in [3.05, 3.63) is 0 Å². The summed E-state index contributed by atoms with van der Waals surface area (Å²) in [5.74, 6) is -0.256. The Kier molecular flexibility index (Phi) is 6.41. The fourth-order valence-corrected chi connectivity index (χ4v) is 3.09. The van der Waals surface area contributed by atoms with Crippen molar-refractivity contribution in [2.24, 2.45) is 0 Å². The van der Waals surface area contributed by atoms with Gasteiger partial charge in [-0.25, -0.2) is 17.5 Å². The number of urea groups is 1. The van der Waals surface area contributed by atoms with E-state index in [0.29, 0.717) is 19.5 Å². The van der Waals surface area contributed by atoms with Crippen LogP contribution in [0.5, 0.6) is 0 Å². The van der Waals surface area contributed by atoms with Crippen LogP contribution < -0.4 is 16.0 Å².